The number of rotatable bonds is 9. The van der Waals surface area contributed by atoms with E-state index in [2.05, 4.69) is 22.6 Å². The number of nitrogens with one attached hydrogen (secondary N) is 1. The summed E-state index contributed by atoms with van der Waals surface area (Å²) in [5, 5.41) is 11.7. The van der Waals surface area contributed by atoms with Crippen molar-refractivity contribution >= 4 is 22.8 Å². The van der Waals surface area contributed by atoms with Crippen molar-refractivity contribution in [1.29, 1.82) is 0 Å². The maximum absolute atomic E-state index is 14.2. The Morgan fingerprint density at radius 1 is 1.00 bits per heavy atom. The first-order chi connectivity index (χ1) is 19.6. The number of carbonyl (C=O) groups excluding carboxylic acids is 2. The summed E-state index contributed by atoms with van der Waals surface area (Å²) in [5.74, 6) is 0.890. The lowest BCUT2D eigenvalue weighted by Gasteiger charge is -2.32. The highest BCUT2D eigenvalue weighted by Gasteiger charge is 2.34. The first-order valence-corrected chi connectivity index (χ1v) is 13.9. The number of fused-ring (bicyclic) bond motifs is 2. The minimum Gasteiger partial charge on any atom is -0.454 e. The van der Waals surface area contributed by atoms with Crippen LogP contribution in [0.15, 0.2) is 66.7 Å². The third kappa shape index (κ3) is 5.36. The molecule has 4 aromatic rings. The normalized spacial score (nSPS) is 15.3. The van der Waals surface area contributed by atoms with E-state index in [0.717, 1.165) is 48.7 Å². The second kappa shape index (κ2) is 11.4. The number of hydrogen-bond acceptors (Lipinski definition) is 6. The van der Waals surface area contributed by atoms with Crippen molar-refractivity contribution < 1.29 is 19.1 Å². The highest BCUT2D eigenvalue weighted by Crippen LogP contribution is 2.34. The number of ether oxygens (including phenoxy) is 2. The average Bonchev–Trinajstić information content (AvgIpc) is 3.75. The Labute approximate surface area is 233 Å². The Hall–Kier alpha value is -4.40. The van der Waals surface area contributed by atoms with Crippen LogP contribution >= 0.6 is 0 Å². The van der Waals surface area contributed by atoms with Crippen LogP contribution in [-0.2, 0) is 29.1 Å². The van der Waals surface area contributed by atoms with E-state index in [1.54, 1.807) is 9.58 Å². The van der Waals surface area contributed by atoms with Gasteiger partial charge in [0.1, 0.15) is 18.1 Å². The van der Waals surface area contributed by atoms with Gasteiger partial charge in [0.25, 0.3) is 0 Å². The van der Waals surface area contributed by atoms with E-state index in [1.807, 2.05) is 66.7 Å². The standard InChI is InChI=1S/C31H33N5O4/c1-2-21-11-14-23(15-12-21)30(31(38)32-24-7-3-4-8-24)35(18-22-13-16-27-28(17-22)40-20-39-27)29(37)19-36-26-10-6-5-9-25(26)33-34-36/h5-6,9-17,24,30H,2-4,7-8,18-20H2,1H3,(H,32,38). The summed E-state index contributed by atoms with van der Waals surface area (Å²) in [6, 6.07) is 20.4. The monoisotopic (exact) mass is 539 g/mol. The SMILES string of the molecule is CCc1ccc(C(C(=O)NC2CCCC2)N(Cc2ccc3c(c2)OCO3)C(=O)Cn2nnc3ccccc32)cc1. The van der Waals surface area contributed by atoms with Crippen LogP contribution in [0.4, 0.5) is 0 Å². The van der Waals surface area contributed by atoms with Gasteiger partial charge in [-0.3, -0.25) is 9.59 Å². The van der Waals surface area contributed by atoms with Crippen LogP contribution < -0.4 is 14.8 Å². The molecule has 40 heavy (non-hydrogen) atoms. The lowest BCUT2D eigenvalue weighted by atomic mass is 10.00. The number of carbonyl (C=O) groups is 2. The molecule has 1 fully saturated rings. The molecule has 0 bridgehead atoms. The van der Waals surface area contributed by atoms with Crippen molar-refractivity contribution in [3.05, 3.63) is 83.4 Å². The van der Waals surface area contributed by atoms with Crippen LogP contribution in [0.2, 0.25) is 0 Å². The van der Waals surface area contributed by atoms with Gasteiger partial charge in [-0.1, -0.05) is 67.4 Å². The second-order valence-electron chi connectivity index (χ2n) is 10.4. The number of hydrogen-bond donors (Lipinski definition) is 1. The number of benzene rings is 3. The predicted molar refractivity (Wildman–Crippen MR) is 150 cm³/mol. The summed E-state index contributed by atoms with van der Waals surface area (Å²) >= 11 is 0. The Morgan fingerprint density at radius 3 is 2.55 bits per heavy atom. The van der Waals surface area contributed by atoms with Crippen LogP contribution in [0.1, 0.15) is 55.3 Å². The maximum atomic E-state index is 14.2. The van der Waals surface area contributed by atoms with Crippen LogP contribution in [0.3, 0.4) is 0 Å². The zero-order valence-corrected chi connectivity index (χ0v) is 22.6. The number of nitrogens with zero attached hydrogens (tertiary/aromatic N) is 4. The Kier molecular flexibility index (Phi) is 7.35. The number of amides is 2. The van der Waals surface area contributed by atoms with Crippen molar-refractivity contribution in [2.24, 2.45) is 0 Å². The lowest BCUT2D eigenvalue weighted by Crippen LogP contribution is -2.46. The van der Waals surface area contributed by atoms with Gasteiger partial charge in [-0.05, 0) is 60.2 Å². The van der Waals surface area contributed by atoms with Gasteiger partial charge in [-0.15, -0.1) is 5.10 Å². The maximum Gasteiger partial charge on any atom is 0.247 e. The molecular formula is C31H33N5O4. The molecule has 6 rings (SSSR count). The van der Waals surface area contributed by atoms with Crippen molar-refractivity contribution in [3.63, 3.8) is 0 Å². The fourth-order valence-electron chi connectivity index (χ4n) is 5.57. The molecule has 1 saturated carbocycles. The zero-order chi connectivity index (χ0) is 27.5. The van der Waals surface area contributed by atoms with Crippen molar-refractivity contribution in [1.82, 2.24) is 25.2 Å². The minimum absolute atomic E-state index is 0.0503. The number of aromatic nitrogens is 3. The molecule has 1 unspecified atom stereocenters. The number of aryl methyl sites for hydroxylation is 1. The van der Waals surface area contributed by atoms with Gasteiger partial charge in [-0.25, -0.2) is 4.68 Å². The fourth-order valence-corrected chi connectivity index (χ4v) is 5.57. The van der Waals surface area contributed by atoms with E-state index < -0.39 is 6.04 Å². The van der Waals surface area contributed by atoms with E-state index in [0.29, 0.717) is 17.0 Å². The molecule has 0 spiro atoms. The second-order valence-corrected chi connectivity index (χ2v) is 10.4. The van der Waals surface area contributed by atoms with E-state index in [9.17, 15) is 9.59 Å². The van der Waals surface area contributed by atoms with Crippen LogP contribution in [-0.4, -0.2) is 44.5 Å². The van der Waals surface area contributed by atoms with Gasteiger partial charge in [-0.2, -0.15) is 0 Å². The van der Waals surface area contributed by atoms with Gasteiger partial charge in [0.05, 0.1) is 5.52 Å². The van der Waals surface area contributed by atoms with E-state index in [1.165, 1.54) is 5.56 Å². The molecule has 0 saturated heterocycles. The van der Waals surface area contributed by atoms with E-state index in [-0.39, 0.29) is 37.7 Å². The topological polar surface area (TPSA) is 98.6 Å². The molecule has 2 aliphatic rings. The predicted octanol–water partition coefficient (Wildman–Crippen LogP) is 4.55. The molecular weight excluding hydrogens is 506 g/mol. The van der Waals surface area contributed by atoms with E-state index in [4.69, 9.17) is 9.47 Å². The summed E-state index contributed by atoms with van der Waals surface area (Å²) in [6.45, 7) is 2.42. The molecule has 2 amide bonds. The molecule has 1 aliphatic heterocycles. The molecule has 1 atom stereocenters. The third-order valence-corrected chi connectivity index (χ3v) is 7.78. The average molecular weight is 540 g/mol. The Morgan fingerprint density at radius 2 is 1.75 bits per heavy atom. The summed E-state index contributed by atoms with van der Waals surface area (Å²) < 4.78 is 12.7. The Bertz CT molecular complexity index is 1510. The minimum atomic E-state index is -0.820. The van der Waals surface area contributed by atoms with Crippen LogP contribution in [0, 0.1) is 0 Å². The highest BCUT2D eigenvalue weighted by molar-refractivity contribution is 5.89. The zero-order valence-electron chi connectivity index (χ0n) is 22.6. The summed E-state index contributed by atoms with van der Waals surface area (Å²) in [4.78, 5) is 29.8. The molecule has 2 heterocycles. The molecule has 1 aromatic heterocycles. The fraction of sp³-hybridized carbons (Fsp3) is 0.355. The van der Waals surface area contributed by atoms with Gasteiger partial charge in [0.2, 0.25) is 18.6 Å². The molecule has 3 aromatic carbocycles. The van der Waals surface area contributed by atoms with Crippen LogP contribution in [0.25, 0.3) is 11.0 Å². The number of para-hydroxylation sites is 1. The van der Waals surface area contributed by atoms with Crippen molar-refractivity contribution in [3.8, 4) is 11.5 Å². The summed E-state index contributed by atoms with van der Waals surface area (Å²) in [5.41, 5.74) is 4.25. The largest absolute Gasteiger partial charge is 0.454 e. The highest BCUT2D eigenvalue weighted by atomic mass is 16.7. The quantitative estimate of drug-likeness (QED) is 0.335. The summed E-state index contributed by atoms with van der Waals surface area (Å²) in [7, 11) is 0. The van der Waals surface area contributed by atoms with Gasteiger partial charge >= 0.3 is 0 Å². The van der Waals surface area contributed by atoms with Gasteiger partial charge in [0, 0.05) is 12.6 Å². The van der Waals surface area contributed by atoms with Gasteiger partial charge < -0.3 is 19.7 Å². The Balaban J connectivity index is 1.38. The molecule has 9 nitrogen and oxygen atoms in total. The first-order valence-electron chi connectivity index (χ1n) is 13.9. The molecule has 206 valence electrons. The first kappa shape index (κ1) is 25.9. The third-order valence-electron chi connectivity index (χ3n) is 7.78. The van der Waals surface area contributed by atoms with Crippen LogP contribution in [0.5, 0.6) is 11.5 Å². The molecule has 9 heteroatoms. The smallest absolute Gasteiger partial charge is 0.247 e. The lowest BCUT2D eigenvalue weighted by molar-refractivity contribution is -0.142. The molecule has 1 N–H and O–H groups in total. The summed E-state index contributed by atoms with van der Waals surface area (Å²) in [6.07, 6.45) is 4.99. The van der Waals surface area contributed by atoms with Crippen molar-refractivity contribution in [2.45, 2.75) is 64.2 Å². The molecule has 0 radical (unpaired) electrons. The van der Waals surface area contributed by atoms with E-state index >= 15 is 0 Å². The van der Waals surface area contributed by atoms with Crippen molar-refractivity contribution in [2.75, 3.05) is 6.79 Å². The molecule has 1 aliphatic carbocycles. The van der Waals surface area contributed by atoms with Gasteiger partial charge in [0.15, 0.2) is 11.5 Å².